The molecule has 1 rings (SSSR count). The van der Waals surface area contributed by atoms with Crippen molar-refractivity contribution < 1.29 is 22.7 Å². The van der Waals surface area contributed by atoms with Crippen LogP contribution < -0.4 is 4.72 Å². The lowest BCUT2D eigenvalue weighted by Crippen LogP contribution is -2.22. The molecule has 0 aliphatic heterocycles. The zero-order valence-electron chi connectivity index (χ0n) is 7.78. The third-order valence-corrected chi connectivity index (χ3v) is 2.99. The second-order valence-electron chi connectivity index (χ2n) is 2.88. The second-order valence-corrected chi connectivity index (χ2v) is 5.01. The van der Waals surface area contributed by atoms with Gasteiger partial charge in [0.2, 0.25) is 10.0 Å². The zero-order valence-corrected chi connectivity index (χ0v) is 9.35. The van der Waals surface area contributed by atoms with E-state index in [1.54, 1.807) is 0 Å². The van der Waals surface area contributed by atoms with E-state index in [1.165, 1.54) is 6.07 Å². The average molecular weight is 268 g/mol. The molecule has 88 valence electrons. The fraction of sp³-hybridized carbons (Fsp3) is 0.125. The van der Waals surface area contributed by atoms with E-state index in [-0.39, 0.29) is 10.7 Å². The molecule has 0 heterocycles. The summed E-state index contributed by atoms with van der Waals surface area (Å²) >= 11 is 5.39. The van der Waals surface area contributed by atoms with E-state index < -0.39 is 27.6 Å². The first kappa shape index (κ1) is 12.7. The van der Waals surface area contributed by atoms with Crippen LogP contribution in [-0.2, 0) is 14.8 Å². The van der Waals surface area contributed by atoms with Crippen LogP contribution in [0.4, 0.5) is 10.1 Å². The first-order valence-electron chi connectivity index (χ1n) is 3.97. The molecule has 0 amide bonds. The second kappa shape index (κ2) is 4.67. The molecule has 0 aliphatic rings. The molecule has 1 aromatic rings. The minimum Gasteiger partial charge on any atom is -0.480 e. The van der Waals surface area contributed by atoms with Crippen molar-refractivity contribution >= 4 is 33.3 Å². The van der Waals surface area contributed by atoms with Crippen molar-refractivity contribution in [3.8, 4) is 0 Å². The number of aliphatic carboxylic acids is 1. The monoisotopic (exact) mass is 267 g/mol. The van der Waals surface area contributed by atoms with Gasteiger partial charge in [0.05, 0.1) is 10.7 Å². The van der Waals surface area contributed by atoms with Crippen LogP contribution in [-0.4, -0.2) is 25.2 Å². The highest BCUT2D eigenvalue weighted by atomic mass is 35.5. The fourth-order valence-corrected chi connectivity index (χ4v) is 1.94. The molecule has 0 saturated carbocycles. The van der Waals surface area contributed by atoms with Gasteiger partial charge in [-0.05, 0) is 18.2 Å². The molecule has 0 aromatic heterocycles. The number of carboxylic acid groups (broad SMARTS) is 1. The van der Waals surface area contributed by atoms with E-state index in [4.69, 9.17) is 16.7 Å². The van der Waals surface area contributed by atoms with Gasteiger partial charge in [0.1, 0.15) is 5.82 Å². The Morgan fingerprint density at radius 2 is 2.12 bits per heavy atom. The number of hydrogen-bond acceptors (Lipinski definition) is 3. The summed E-state index contributed by atoms with van der Waals surface area (Å²) in [6.45, 7) is 0. The Balaban J connectivity index is 2.88. The molecule has 5 nitrogen and oxygen atoms in total. The third-order valence-electron chi connectivity index (χ3n) is 1.51. The number of nitrogens with one attached hydrogen (secondary N) is 1. The lowest BCUT2D eigenvalue weighted by Gasteiger charge is -2.06. The van der Waals surface area contributed by atoms with Crippen molar-refractivity contribution in [2.45, 2.75) is 0 Å². The summed E-state index contributed by atoms with van der Waals surface area (Å²) < 4.78 is 37.2. The topological polar surface area (TPSA) is 83.5 Å². The number of halogens is 2. The highest BCUT2D eigenvalue weighted by Crippen LogP contribution is 2.19. The van der Waals surface area contributed by atoms with Crippen molar-refractivity contribution in [1.82, 2.24) is 0 Å². The molecule has 0 radical (unpaired) electrons. The van der Waals surface area contributed by atoms with Crippen LogP contribution in [0.3, 0.4) is 0 Å². The maximum Gasteiger partial charge on any atom is 0.320 e. The molecule has 16 heavy (non-hydrogen) atoms. The van der Waals surface area contributed by atoms with Gasteiger partial charge in [-0.3, -0.25) is 9.52 Å². The molecule has 0 spiro atoms. The van der Waals surface area contributed by atoms with Crippen molar-refractivity contribution in [2.75, 3.05) is 10.5 Å². The van der Waals surface area contributed by atoms with E-state index >= 15 is 0 Å². The summed E-state index contributed by atoms with van der Waals surface area (Å²) in [5.41, 5.74) is -0.0804. The van der Waals surface area contributed by atoms with Gasteiger partial charge >= 0.3 is 5.97 Å². The van der Waals surface area contributed by atoms with Crippen LogP contribution >= 0.6 is 11.6 Å². The van der Waals surface area contributed by atoms with Gasteiger partial charge in [-0.2, -0.15) is 0 Å². The number of benzene rings is 1. The van der Waals surface area contributed by atoms with Crippen LogP contribution in [0.5, 0.6) is 0 Å². The molecule has 0 bridgehead atoms. The van der Waals surface area contributed by atoms with Gasteiger partial charge in [-0.25, -0.2) is 12.8 Å². The summed E-state index contributed by atoms with van der Waals surface area (Å²) in [5.74, 6) is -3.38. The largest absolute Gasteiger partial charge is 0.480 e. The summed E-state index contributed by atoms with van der Waals surface area (Å²) in [5, 5.41) is 8.16. The number of sulfonamides is 1. The highest BCUT2D eigenvalue weighted by molar-refractivity contribution is 7.93. The SMILES string of the molecule is O=C(O)CS(=O)(=O)Nc1ccc(Cl)c(F)c1. The summed E-state index contributed by atoms with van der Waals surface area (Å²) in [6.07, 6.45) is 0. The molecule has 0 unspecified atom stereocenters. The maximum atomic E-state index is 12.9. The van der Waals surface area contributed by atoms with Gasteiger partial charge in [-0.1, -0.05) is 11.6 Å². The van der Waals surface area contributed by atoms with Crippen LogP contribution in [0.1, 0.15) is 0 Å². The molecule has 8 heteroatoms. The Morgan fingerprint density at radius 3 is 2.62 bits per heavy atom. The minimum absolute atomic E-state index is 0.0804. The number of hydrogen-bond donors (Lipinski definition) is 2. The Bertz CT molecular complexity index is 517. The van der Waals surface area contributed by atoms with Crippen LogP contribution in [0.15, 0.2) is 18.2 Å². The predicted octanol–water partition coefficient (Wildman–Crippen LogP) is 1.31. The van der Waals surface area contributed by atoms with E-state index in [9.17, 15) is 17.6 Å². The summed E-state index contributed by atoms with van der Waals surface area (Å²) in [4.78, 5) is 10.2. The lowest BCUT2D eigenvalue weighted by molar-refractivity contribution is -0.134. The molecule has 0 saturated heterocycles. The number of carboxylic acids is 1. The van der Waals surface area contributed by atoms with Gasteiger partial charge in [0.25, 0.3) is 0 Å². The minimum atomic E-state index is -4.02. The number of carbonyl (C=O) groups is 1. The van der Waals surface area contributed by atoms with E-state index in [0.717, 1.165) is 12.1 Å². The molecular weight excluding hydrogens is 261 g/mol. The molecule has 0 fully saturated rings. The van der Waals surface area contributed by atoms with Crippen LogP contribution in [0, 0.1) is 5.82 Å². The standard InChI is InChI=1S/C8H7ClFNO4S/c9-6-2-1-5(3-7(6)10)11-16(14,15)4-8(12)13/h1-3,11H,4H2,(H,12,13). The summed E-state index contributed by atoms with van der Waals surface area (Å²) in [7, 11) is -4.02. The highest BCUT2D eigenvalue weighted by Gasteiger charge is 2.15. The summed E-state index contributed by atoms with van der Waals surface area (Å²) in [6, 6.07) is 3.25. The normalized spacial score (nSPS) is 11.1. The Hall–Kier alpha value is -1.34. The smallest absolute Gasteiger partial charge is 0.320 e. The van der Waals surface area contributed by atoms with Crippen LogP contribution in [0.25, 0.3) is 0 Å². The molecular formula is C8H7ClFNO4S. The van der Waals surface area contributed by atoms with Gasteiger partial charge in [0.15, 0.2) is 5.75 Å². The van der Waals surface area contributed by atoms with Crippen molar-refractivity contribution in [2.24, 2.45) is 0 Å². The lowest BCUT2D eigenvalue weighted by atomic mass is 10.3. The fourth-order valence-electron chi connectivity index (χ4n) is 0.938. The molecule has 0 aliphatic carbocycles. The van der Waals surface area contributed by atoms with E-state index in [1.807, 2.05) is 4.72 Å². The van der Waals surface area contributed by atoms with Gasteiger partial charge in [0, 0.05) is 0 Å². The van der Waals surface area contributed by atoms with Crippen molar-refractivity contribution in [1.29, 1.82) is 0 Å². The number of anilines is 1. The molecule has 0 atom stereocenters. The molecule has 2 N–H and O–H groups in total. The average Bonchev–Trinajstić information content (AvgIpc) is 2.08. The maximum absolute atomic E-state index is 12.9. The van der Waals surface area contributed by atoms with Gasteiger partial charge in [-0.15, -0.1) is 0 Å². The van der Waals surface area contributed by atoms with E-state index in [0.29, 0.717) is 0 Å². The molecule has 1 aromatic carbocycles. The van der Waals surface area contributed by atoms with Gasteiger partial charge < -0.3 is 5.11 Å². The van der Waals surface area contributed by atoms with Crippen molar-refractivity contribution in [3.63, 3.8) is 0 Å². The number of rotatable bonds is 4. The van der Waals surface area contributed by atoms with E-state index in [2.05, 4.69) is 0 Å². The van der Waals surface area contributed by atoms with Crippen molar-refractivity contribution in [3.05, 3.63) is 29.0 Å². The Kier molecular flexibility index (Phi) is 3.71. The predicted molar refractivity (Wildman–Crippen MR) is 56.5 cm³/mol. The zero-order chi connectivity index (χ0) is 12.3. The Morgan fingerprint density at radius 1 is 1.50 bits per heavy atom. The Labute approximate surface area is 95.9 Å². The third kappa shape index (κ3) is 3.67. The first-order valence-corrected chi connectivity index (χ1v) is 6.00. The quantitative estimate of drug-likeness (QED) is 0.861. The van der Waals surface area contributed by atoms with Crippen LogP contribution in [0.2, 0.25) is 5.02 Å². The first-order chi connectivity index (χ1) is 7.30.